The second-order valence-electron chi connectivity index (χ2n) is 7.10. The summed E-state index contributed by atoms with van der Waals surface area (Å²) in [5.41, 5.74) is 6.21. The van der Waals surface area contributed by atoms with Gasteiger partial charge in [0.05, 0.1) is 17.3 Å². The lowest BCUT2D eigenvalue weighted by Crippen LogP contribution is -2.06. The third kappa shape index (κ3) is 4.35. The largest absolute Gasteiger partial charge is 0.593 e. The molecule has 0 radical (unpaired) electrons. The Morgan fingerprint density at radius 2 is 1.80 bits per heavy atom. The molecule has 0 amide bonds. The maximum absolute atomic E-state index is 9.13. The van der Waals surface area contributed by atoms with Crippen molar-refractivity contribution < 1.29 is 5.11 Å². The van der Waals surface area contributed by atoms with Crippen molar-refractivity contribution >= 4 is 16.5 Å². The lowest BCUT2D eigenvalue weighted by molar-refractivity contribution is 0.475. The zero-order valence-corrected chi connectivity index (χ0v) is 17.4. The Morgan fingerprint density at radius 1 is 1.03 bits per heavy atom. The Bertz CT molecular complexity index is 1170. The molecule has 0 saturated heterocycles. The van der Waals surface area contributed by atoms with Crippen LogP contribution in [0.5, 0.6) is 5.75 Å². The lowest BCUT2D eigenvalue weighted by Gasteiger charge is -2.16. The highest BCUT2D eigenvalue weighted by Crippen LogP contribution is 2.32. The van der Waals surface area contributed by atoms with Gasteiger partial charge in [-0.05, 0) is 52.9 Å². The van der Waals surface area contributed by atoms with E-state index in [0.717, 1.165) is 33.9 Å². The summed E-state index contributed by atoms with van der Waals surface area (Å²) >= 11 is 1.60. The minimum atomic E-state index is 0.122. The maximum atomic E-state index is 9.13. The highest BCUT2D eigenvalue weighted by molar-refractivity contribution is 7.13. The van der Waals surface area contributed by atoms with Gasteiger partial charge >= 0.3 is 0 Å². The topological polar surface area (TPSA) is 71.6 Å². The first-order valence-corrected chi connectivity index (χ1v) is 10.6. The number of benzene rings is 3. The molecule has 4 aromatic rings. The molecule has 0 fully saturated rings. The SMILES string of the molecule is CNc1nc([C@@H](Cc2ccc(-c3cccc(C#N)c3)cc2)c2ccc([OH2+])cc2)cs1. The van der Waals surface area contributed by atoms with Gasteiger partial charge in [0.1, 0.15) is 0 Å². The predicted octanol–water partition coefficient (Wildman–Crippen LogP) is 5.54. The molecule has 3 N–H and O–H groups in total. The van der Waals surface area contributed by atoms with Crippen LogP contribution in [0.25, 0.3) is 11.1 Å². The second kappa shape index (κ2) is 8.81. The summed E-state index contributed by atoms with van der Waals surface area (Å²) in [5, 5.41) is 23.0. The highest BCUT2D eigenvalue weighted by Gasteiger charge is 2.19. The number of anilines is 1. The van der Waals surface area contributed by atoms with Gasteiger partial charge in [0.2, 0.25) is 0 Å². The number of aromatic nitrogens is 1. The first-order valence-electron chi connectivity index (χ1n) is 9.70. The Labute approximate surface area is 180 Å². The molecule has 30 heavy (non-hydrogen) atoms. The molecule has 148 valence electrons. The number of hydrogen-bond acceptors (Lipinski definition) is 4. The minimum absolute atomic E-state index is 0.122. The molecule has 0 aliphatic carbocycles. The van der Waals surface area contributed by atoms with E-state index in [1.54, 1.807) is 11.3 Å². The zero-order valence-electron chi connectivity index (χ0n) is 16.6. The van der Waals surface area contributed by atoms with E-state index in [9.17, 15) is 0 Å². The Balaban J connectivity index is 1.62. The van der Waals surface area contributed by atoms with Gasteiger partial charge in [0.15, 0.2) is 5.13 Å². The highest BCUT2D eigenvalue weighted by atomic mass is 32.1. The molecule has 3 aromatic carbocycles. The first kappa shape index (κ1) is 19.7. The van der Waals surface area contributed by atoms with Crippen molar-refractivity contribution in [3.63, 3.8) is 0 Å². The number of nitrogens with zero attached hydrogens (tertiary/aromatic N) is 2. The summed E-state index contributed by atoms with van der Waals surface area (Å²) in [6.07, 6.45) is 0.822. The van der Waals surface area contributed by atoms with Crippen LogP contribution < -0.4 is 5.32 Å². The molecule has 0 aliphatic heterocycles. The van der Waals surface area contributed by atoms with Crippen molar-refractivity contribution in [3.05, 3.63) is 101 Å². The third-order valence-electron chi connectivity index (χ3n) is 5.12. The van der Waals surface area contributed by atoms with E-state index in [0.29, 0.717) is 11.3 Å². The van der Waals surface area contributed by atoms with E-state index in [1.165, 1.54) is 5.56 Å². The second-order valence-corrected chi connectivity index (χ2v) is 7.95. The van der Waals surface area contributed by atoms with Crippen molar-refractivity contribution in [1.29, 1.82) is 5.26 Å². The summed E-state index contributed by atoms with van der Waals surface area (Å²) < 4.78 is 0. The normalized spacial score (nSPS) is 11.6. The monoisotopic (exact) mass is 412 g/mol. The number of hydrogen-bond donors (Lipinski definition) is 1. The van der Waals surface area contributed by atoms with Crippen LogP contribution in [0.2, 0.25) is 0 Å². The molecule has 0 bridgehead atoms. The first-order chi connectivity index (χ1) is 14.7. The fourth-order valence-electron chi connectivity index (χ4n) is 3.51. The molecule has 1 heterocycles. The van der Waals surface area contributed by atoms with Crippen molar-refractivity contribution in [2.45, 2.75) is 12.3 Å². The maximum Gasteiger partial charge on any atom is 0.253 e. The number of nitriles is 1. The molecule has 0 spiro atoms. The van der Waals surface area contributed by atoms with E-state index < -0.39 is 0 Å². The Morgan fingerprint density at radius 3 is 2.47 bits per heavy atom. The van der Waals surface area contributed by atoms with Gasteiger partial charge in [-0.15, -0.1) is 11.3 Å². The van der Waals surface area contributed by atoms with Crippen LogP contribution >= 0.6 is 11.3 Å². The predicted molar refractivity (Wildman–Crippen MR) is 123 cm³/mol. The summed E-state index contributed by atoms with van der Waals surface area (Å²) in [4.78, 5) is 4.74. The van der Waals surface area contributed by atoms with Gasteiger partial charge in [-0.2, -0.15) is 5.26 Å². The van der Waals surface area contributed by atoms with Crippen molar-refractivity contribution in [1.82, 2.24) is 4.98 Å². The van der Waals surface area contributed by atoms with Crippen LogP contribution in [0.15, 0.2) is 78.2 Å². The van der Waals surface area contributed by atoms with E-state index in [4.69, 9.17) is 15.4 Å². The standard InChI is InChI=1S/C25H21N3OS/c1-27-25-28-24(16-30-25)23(20-9-11-22(29)12-10-20)14-17-5-7-19(8-6-17)21-4-2-3-18(13-21)15-26/h2-13,16,23,29H,14H2,1H3,(H,27,28)/p+1/t23-/m0/s1. The average molecular weight is 413 g/mol. The van der Waals surface area contributed by atoms with Crippen LogP contribution in [-0.2, 0) is 6.42 Å². The van der Waals surface area contributed by atoms with Gasteiger partial charge in [-0.25, -0.2) is 4.98 Å². The summed E-state index contributed by atoms with van der Waals surface area (Å²) in [5.74, 6) is 0.632. The van der Waals surface area contributed by atoms with Crippen LogP contribution in [0, 0.1) is 11.3 Å². The molecule has 5 heteroatoms. The summed E-state index contributed by atoms with van der Waals surface area (Å²) in [6.45, 7) is 0. The zero-order chi connectivity index (χ0) is 20.9. The van der Waals surface area contributed by atoms with Crippen LogP contribution in [0.4, 0.5) is 5.13 Å². The molecule has 1 atom stereocenters. The van der Waals surface area contributed by atoms with E-state index in [-0.39, 0.29) is 5.92 Å². The molecule has 0 aliphatic rings. The van der Waals surface area contributed by atoms with Crippen molar-refractivity contribution in [2.75, 3.05) is 12.4 Å². The van der Waals surface area contributed by atoms with Crippen LogP contribution in [0.3, 0.4) is 0 Å². The molecular weight excluding hydrogens is 390 g/mol. The van der Waals surface area contributed by atoms with Gasteiger partial charge in [-0.1, -0.05) is 36.4 Å². The van der Waals surface area contributed by atoms with Gasteiger partial charge in [0, 0.05) is 30.5 Å². The van der Waals surface area contributed by atoms with Crippen LogP contribution in [0.1, 0.15) is 28.3 Å². The molecule has 0 unspecified atom stereocenters. The third-order valence-corrected chi connectivity index (χ3v) is 6.00. The van der Waals surface area contributed by atoms with E-state index >= 15 is 0 Å². The average Bonchev–Trinajstić information content (AvgIpc) is 3.28. The molecule has 0 saturated carbocycles. The Hall–Kier alpha value is -3.62. The Kier molecular flexibility index (Phi) is 5.78. The van der Waals surface area contributed by atoms with Crippen molar-refractivity contribution in [3.8, 4) is 22.9 Å². The fourth-order valence-corrected chi connectivity index (χ4v) is 4.23. The van der Waals surface area contributed by atoms with Gasteiger partial charge in [0.25, 0.3) is 5.75 Å². The molecule has 4 rings (SSSR count). The fraction of sp³-hybridized carbons (Fsp3) is 0.120. The van der Waals surface area contributed by atoms with Crippen molar-refractivity contribution in [2.24, 2.45) is 0 Å². The molecular formula is C25H22N3OS+. The quantitative estimate of drug-likeness (QED) is 0.423. The van der Waals surface area contributed by atoms with E-state index in [1.807, 2.05) is 55.6 Å². The summed E-state index contributed by atoms with van der Waals surface area (Å²) in [7, 11) is 1.88. The van der Waals surface area contributed by atoms with Gasteiger partial charge in [-0.3, -0.25) is 0 Å². The number of thiazole rings is 1. The smallest absolute Gasteiger partial charge is 0.253 e. The number of rotatable bonds is 6. The number of nitrogens with one attached hydrogen (secondary N) is 1. The van der Waals surface area contributed by atoms with Crippen LogP contribution in [-0.4, -0.2) is 17.1 Å². The molecule has 1 aromatic heterocycles. The minimum Gasteiger partial charge on any atom is -0.593 e. The lowest BCUT2D eigenvalue weighted by atomic mass is 9.89. The molecule has 4 nitrogen and oxygen atoms in total. The van der Waals surface area contributed by atoms with Gasteiger partial charge < -0.3 is 10.4 Å². The van der Waals surface area contributed by atoms with E-state index in [2.05, 4.69) is 41.0 Å². The summed E-state index contributed by atoms with van der Waals surface area (Å²) in [6, 6.07) is 26.1.